The molecule has 0 radical (unpaired) electrons. The van der Waals surface area contributed by atoms with Crippen molar-refractivity contribution in [1.29, 1.82) is 0 Å². The molecule has 0 saturated carbocycles. The number of carbonyl (C=O) groups is 1. The molecule has 2 aromatic rings. The summed E-state index contributed by atoms with van der Waals surface area (Å²) in [6, 6.07) is 1.85. The van der Waals surface area contributed by atoms with Crippen LogP contribution < -0.4 is 5.32 Å². The number of methoxy groups -OCH3 is 1. The SMILES string of the molecule is COCC(=O)NCCc1nc(C(C)C)ncc1-c1cc(C)no1. The first kappa shape index (κ1) is 17.1. The smallest absolute Gasteiger partial charge is 0.245 e. The molecule has 1 N–H and O–H groups in total. The van der Waals surface area contributed by atoms with Gasteiger partial charge in [0.15, 0.2) is 5.76 Å². The summed E-state index contributed by atoms with van der Waals surface area (Å²) in [4.78, 5) is 20.5. The Morgan fingerprint density at radius 2 is 2.22 bits per heavy atom. The lowest BCUT2D eigenvalue weighted by Crippen LogP contribution is -2.29. The Morgan fingerprint density at radius 1 is 1.43 bits per heavy atom. The van der Waals surface area contributed by atoms with E-state index in [4.69, 9.17) is 9.26 Å². The topological polar surface area (TPSA) is 90.1 Å². The Kier molecular flexibility index (Phi) is 5.81. The van der Waals surface area contributed by atoms with Crippen LogP contribution in [0.3, 0.4) is 0 Å². The first-order valence-corrected chi connectivity index (χ1v) is 7.56. The van der Waals surface area contributed by atoms with Gasteiger partial charge in [0.25, 0.3) is 0 Å². The van der Waals surface area contributed by atoms with Gasteiger partial charge in [0.2, 0.25) is 5.91 Å². The van der Waals surface area contributed by atoms with Crippen LogP contribution in [-0.2, 0) is 16.0 Å². The maximum absolute atomic E-state index is 11.5. The van der Waals surface area contributed by atoms with Crippen LogP contribution in [0.5, 0.6) is 0 Å². The summed E-state index contributed by atoms with van der Waals surface area (Å²) in [6.45, 7) is 6.46. The van der Waals surface area contributed by atoms with Crippen molar-refractivity contribution in [1.82, 2.24) is 20.4 Å². The summed E-state index contributed by atoms with van der Waals surface area (Å²) < 4.78 is 10.1. The summed E-state index contributed by atoms with van der Waals surface area (Å²) in [5, 5.41) is 6.70. The largest absolute Gasteiger partial charge is 0.375 e. The fourth-order valence-electron chi connectivity index (χ4n) is 2.10. The normalized spacial score (nSPS) is 11.0. The molecule has 0 aliphatic carbocycles. The molecule has 0 bridgehead atoms. The first-order valence-electron chi connectivity index (χ1n) is 7.56. The predicted molar refractivity (Wildman–Crippen MR) is 84.9 cm³/mol. The lowest BCUT2D eigenvalue weighted by Gasteiger charge is -2.10. The number of carbonyl (C=O) groups excluding carboxylic acids is 1. The highest BCUT2D eigenvalue weighted by Crippen LogP contribution is 2.24. The van der Waals surface area contributed by atoms with Crippen molar-refractivity contribution in [3.63, 3.8) is 0 Å². The number of nitrogens with one attached hydrogen (secondary N) is 1. The number of hydrogen-bond donors (Lipinski definition) is 1. The fraction of sp³-hybridized carbons (Fsp3) is 0.500. The summed E-state index contributed by atoms with van der Waals surface area (Å²) in [5.41, 5.74) is 2.43. The number of ether oxygens (including phenoxy) is 1. The molecule has 0 spiro atoms. The van der Waals surface area contributed by atoms with Crippen molar-refractivity contribution in [2.75, 3.05) is 20.3 Å². The van der Waals surface area contributed by atoms with Crippen LogP contribution in [-0.4, -0.2) is 41.3 Å². The lowest BCUT2D eigenvalue weighted by atomic mass is 10.1. The van der Waals surface area contributed by atoms with E-state index in [1.165, 1.54) is 7.11 Å². The zero-order chi connectivity index (χ0) is 16.8. The highest BCUT2D eigenvalue weighted by atomic mass is 16.5. The van der Waals surface area contributed by atoms with Gasteiger partial charge in [0.1, 0.15) is 12.4 Å². The quantitative estimate of drug-likeness (QED) is 0.838. The Bertz CT molecular complexity index is 667. The van der Waals surface area contributed by atoms with E-state index in [1.807, 2.05) is 26.8 Å². The van der Waals surface area contributed by atoms with Crippen LogP contribution in [0.15, 0.2) is 16.8 Å². The molecule has 7 nitrogen and oxygen atoms in total. The third-order valence-corrected chi connectivity index (χ3v) is 3.26. The monoisotopic (exact) mass is 318 g/mol. The standard InChI is InChI=1S/C16H22N4O3/c1-10(2)16-18-8-12(14-7-11(3)20-23-14)13(19-16)5-6-17-15(21)9-22-4/h7-8,10H,5-6,9H2,1-4H3,(H,17,21). The number of aromatic nitrogens is 3. The van der Waals surface area contributed by atoms with Gasteiger partial charge in [-0.25, -0.2) is 9.97 Å². The highest BCUT2D eigenvalue weighted by molar-refractivity contribution is 5.77. The van der Waals surface area contributed by atoms with Crippen LogP contribution in [0.2, 0.25) is 0 Å². The molecule has 0 fully saturated rings. The van der Waals surface area contributed by atoms with Crippen molar-refractivity contribution in [3.8, 4) is 11.3 Å². The highest BCUT2D eigenvalue weighted by Gasteiger charge is 2.15. The first-order chi connectivity index (χ1) is 11.0. The molecule has 0 saturated heterocycles. The fourth-order valence-corrected chi connectivity index (χ4v) is 2.10. The summed E-state index contributed by atoms with van der Waals surface area (Å²) in [5.74, 6) is 1.48. The van der Waals surface area contributed by atoms with Crippen LogP contribution >= 0.6 is 0 Å². The summed E-state index contributed by atoms with van der Waals surface area (Å²) >= 11 is 0. The van der Waals surface area contributed by atoms with Crippen molar-refractivity contribution >= 4 is 5.91 Å². The maximum atomic E-state index is 11.5. The Labute approximate surface area is 135 Å². The van der Waals surface area contributed by atoms with Crippen molar-refractivity contribution < 1.29 is 14.1 Å². The Balaban J connectivity index is 2.19. The minimum Gasteiger partial charge on any atom is -0.375 e. The van der Waals surface area contributed by atoms with E-state index in [2.05, 4.69) is 20.4 Å². The number of amides is 1. The van der Waals surface area contributed by atoms with Gasteiger partial charge in [-0.05, 0) is 6.92 Å². The average molecular weight is 318 g/mol. The van der Waals surface area contributed by atoms with Crippen LogP contribution in [0.4, 0.5) is 0 Å². The van der Waals surface area contributed by atoms with E-state index in [1.54, 1.807) is 6.20 Å². The van der Waals surface area contributed by atoms with Gasteiger partial charge < -0.3 is 14.6 Å². The molecule has 0 aromatic carbocycles. The van der Waals surface area contributed by atoms with Gasteiger partial charge in [0.05, 0.1) is 17.0 Å². The van der Waals surface area contributed by atoms with E-state index in [-0.39, 0.29) is 18.4 Å². The molecule has 124 valence electrons. The van der Waals surface area contributed by atoms with Crippen LogP contribution in [0.25, 0.3) is 11.3 Å². The molecule has 1 amide bonds. The molecule has 0 aliphatic heterocycles. The number of aryl methyl sites for hydroxylation is 1. The second-order valence-corrected chi connectivity index (χ2v) is 5.61. The lowest BCUT2D eigenvalue weighted by molar-refractivity contribution is -0.124. The minimum atomic E-state index is -0.150. The summed E-state index contributed by atoms with van der Waals surface area (Å²) in [7, 11) is 1.49. The van der Waals surface area contributed by atoms with E-state index in [0.29, 0.717) is 18.7 Å². The molecule has 7 heteroatoms. The molecule has 0 unspecified atom stereocenters. The Morgan fingerprint density at radius 3 is 2.83 bits per heavy atom. The predicted octanol–water partition coefficient (Wildman–Crippen LogP) is 1.87. The second-order valence-electron chi connectivity index (χ2n) is 5.61. The Hall–Kier alpha value is -2.28. The summed E-state index contributed by atoms with van der Waals surface area (Å²) in [6.07, 6.45) is 2.33. The molecule has 2 heterocycles. The third kappa shape index (κ3) is 4.59. The van der Waals surface area contributed by atoms with Gasteiger partial charge in [-0.1, -0.05) is 19.0 Å². The number of rotatable bonds is 7. The van der Waals surface area contributed by atoms with E-state index in [0.717, 1.165) is 22.8 Å². The van der Waals surface area contributed by atoms with Gasteiger partial charge >= 0.3 is 0 Å². The zero-order valence-corrected chi connectivity index (χ0v) is 13.9. The number of hydrogen-bond acceptors (Lipinski definition) is 6. The molecule has 0 aliphatic rings. The van der Waals surface area contributed by atoms with Crippen LogP contribution in [0.1, 0.15) is 37.0 Å². The van der Waals surface area contributed by atoms with E-state index >= 15 is 0 Å². The van der Waals surface area contributed by atoms with Crippen LogP contribution in [0, 0.1) is 6.92 Å². The van der Waals surface area contributed by atoms with Gasteiger partial charge in [-0.15, -0.1) is 0 Å². The molecule has 0 atom stereocenters. The third-order valence-electron chi connectivity index (χ3n) is 3.26. The van der Waals surface area contributed by atoms with E-state index in [9.17, 15) is 4.79 Å². The average Bonchev–Trinajstić information content (AvgIpc) is 2.93. The molecule has 2 rings (SSSR count). The van der Waals surface area contributed by atoms with Crippen molar-refractivity contribution in [2.24, 2.45) is 0 Å². The van der Waals surface area contributed by atoms with Gasteiger partial charge in [-0.3, -0.25) is 4.79 Å². The van der Waals surface area contributed by atoms with Crippen molar-refractivity contribution in [2.45, 2.75) is 33.1 Å². The second kappa shape index (κ2) is 7.82. The molecular weight excluding hydrogens is 296 g/mol. The maximum Gasteiger partial charge on any atom is 0.245 e. The molecule has 23 heavy (non-hydrogen) atoms. The van der Waals surface area contributed by atoms with Crippen molar-refractivity contribution in [3.05, 3.63) is 29.5 Å². The molecule has 2 aromatic heterocycles. The number of nitrogens with zero attached hydrogens (tertiary/aromatic N) is 3. The molecular formula is C16H22N4O3. The van der Waals surface area contributed by atoms with Gasteiger partial charge in [-0.2, -0.15) is 0 Å². The zero-order valence-electron chi connectivity index (χ0n) is 13.9. The van der Waals surface area contributed by atoms with Gasteiger partial charge in [0, 0.05) is 38.3 Å². The van der Waals surface area contributed by atoms with E-state index < -0.39 is 0 Å². The minimum absolute atomic E-state index is 0.0508.